The fourth-order valence-electron chi connectivity index (χ4n) is 3.52. The molecule has 0 unspecified atom stereocenters. The Morgan fingerprint density at radius 3 is 2.92 bits per heavy atom. The van der Waals surface area contributed by atoms with Gasteiger partial charge in [-0.05, 0) is 31.6 Å². The van der Waals surface area contributed by atoms with Crippen LogP contribution in [0.1, 0.15) is 36.3 Å². The summed E-state index contributed by atoms with van der Waals surface area (Å²) in [5, 5.41) is 7.05. The molecule has 130 valence electrons. The Hall–Kier alpha value is -1.92. The lowest BCUT2D eigenvalue weighted by atomic mass is 10.0. The van der Waals surface area contributed by atoms with Crippen molar-refractivity contribution in [1.82, 2.24) is 14.7 Å². The van der Waals surface area contributed by atoms with E-state index >= 15 is 0 Å². The van der Waals surface area contributed by atoms with Gasteiger partial charge in [0.25, 0.3) is 0 Å². The highest BCUT2D eigenvalue weighted by Gasteiger charge is 2.29. The minimum atomic E-state index is 0.731. The van der Waals surface area contributed by atoms with Crippen LogP contribution in [0.5, 0.6) is 0 Å². The van der Waals surface area contributed by atoms with Crippen LogP contribution in [0.15, 0.2) is 28.1 Å². The number of aromatic nitrogens is 2. The van der Waals surface area contributed by atoms with Gasteiger partial charge in [0.15, 0.2) is 6.29 Å². The molecule has 5 nitrogen and oxygen atoms in total. The standard InChI is InChI=1S/C19H22N4OS/c1-3-22(4-2)10-11-23-15-8-7-13(12-24)18-16(15)17(21-23)14-6-5-9-20-19(14)25-18/h6-8,12H,3-5,9-11H2,1-2H3. The van der Waals surface area contributed by atoms with Gasteiger partial charge in [-0.15, -0.1) is 0 Å². The average Bonchev–Trinajstić information content (AvgIpc) is 3.03. The summed E-state index contributed by atoms with van der Waals surface area (Å²) in [7, 11) is 0. The second-order valence-electron chi connectivity index (χ2n) is 6.29. The van der Waals surface area contributed by atoms with E-state index in [1.54, 1.807) is 11.8 Å². The molecular formula is C19H22N4OS. The van der Waals surface area contributed by atoms with Crippen LogP contribution in [-0.2, 0) is 6.54 Å². The highest BCUT2D eigenvalue weighted by Crippen LogP contribution is 2.44. The Morgan fingerprint density at radius 2 is 2.16 bits per heavy atom. The van der Waals surface area contributed by atoms with Crippen molar-refractivity contribution in [1.29, 1.82) is 0 Å². The third-order valence-electron chi connectivity index (χ3n) is 4.97. The molecule has 0 bridgehead atoms. The van der Waals surface area contributed by atoms with Gasteiger partial charge in [-0.25, -0.2) is 0 Å². The first-order valence-corrected chi connectivity index (χ1v) is 9.72. The Kier molecular flexibility index (Phi) is 4.48. The highest BCUT2D eigenvalue weighted by atomic mass is 32.2. The molecule has 0 atom stereocenters. The molecule has 3 heterocycles. The topological polar surface area (TPSA) is 50.5 Å². The van der Waals surface area contributed by atoms with E-state index in [0.29, 0.717) is 0 Å². The van der Waals surface area contributed by atoms with Gasteiger partial charge in [-0.2, -0.15) is 5.10 Å². The summed E-state index contributed by atoms with van der Waals surface area (Å²) in [6.45, 7) is 9.09. The molecule has 25 heavy (non-hydrogen) atoms. The second-order valence-corrected chi connectivity index (χ2v) is 7.29. The maximum atomic E-state index is 11.5. The zero-order valence-electron chi connectivity index (χ0n) is 14.7. The first-order chi connectivity index (χ1) is 12.3. The van der Waals surface area contributed by atoms with Crippen LogP contribution in [0.4, 0.5) is 0 Å². The molecular weight excluding hydrogens is 332 g/mol. The van der Waals surface area contributed by atoms with Crippen LogP contribution in [0.25, 0.3) is 16.5 Å². The number of rotatable bonds is 6. The van der Waals surface area contributed by atoms with Gasteiger partial charge in [-0.1, -0.05) is 31.7 Å². The number of benzene rings is 1. The van der Waals surface area contributed by atoms with Crippen molar-refractivity contribution in [2.45, 2.75) is 31.7 Å². The SMILES string of the molecule is CCN(CC)CCn1nc2c3c(c(C=O)ccc31)SC1=NCCC=C12. The summed E-state index contributed by atoms with van der Waals surface area (Å²) in [6.07, 6.45) is 4.13. The van der Waals surface area contributed by atoms with Crippen LogP contribution in [0.3, 0.4) is 0 Å². The van der Waals surface area contributed by atoms with Gasteiger partial charge in [0, 0.05) is 34.5 Å². The smallest absolute Gasteiger partial charge is 0.151 e. The van der Waals surface area contributed by atoms with E-state index in [4.69, 9.17) is 5.10 Å². The summed E-state index contributed by atoms with van der Waals surface area (Å²) in [5.41, 5.74) is 3.97. The van der Waals surface area contributed by atoms with Crippen molar-refractivity contribution in [3.05, 3.63) is 29.5 Å². The fraction of sp³-hybridized carbons (Fsp3) is 0.421. The summed E-state index contributed by atoms with van der Waals surface area (Å²) in [4.78, 5) is 19.6. The maximum absolute atomic E-state index is 11.5. The Labute approximate surface area is 151 Å². The number of aliphatic imine (C=N–C) groups is 1. The van der Waals surface area contributed by atoms with Gasteiger partial charge < -0.3 is 4.90 Å². The molecule has 2 aliphatic rings. The average molecular weight is 354 g/mol. The van der Waals surface area contributed by atoms with Crippen molar-refractivity contribution in [2.75, 3.05) is 26.2 Å². The highest BCUT2D eigenvalue weighted by molar-refractivity contribution is 8.15. The Balaban J connectivity index is 1.84. The first-order valence-electron chi connectivity index (χ1n) is 8.91. The van der Waals surface area contributed by atoms with Crippen molar-refractivity contribution in [3.8, 4) is 0 Å². The van der Waals surface area contributed by atoms with E-state index in [2.05, 4.69) is 34.5 Å². The lowest BCUT2D eigenvalue weighted by Gasteiger charge is -2.20. The zero-order valence-corrected chi connectivity index (χ0v) is 15.5. The minimum absolute atomic E-state index is 0.731. The maximum Gasteiger partial charge on any atom is 0.151 e. The van der Waals surface area contributed by atoms with Crippen LogP contribution < -0.4 is 0 Å². The van der Waals surface area contributed by atoms with Crippen molar-refractivity contribution < 1.29 is 4.79 Å². The van der Waals surface area contributed by atoms with Crippen molar-refractivity contribution in [3.63, 3.8) is 0 Å². The van der Waals surface area contributed by atoms with E-state index in [-0.39, 0.29) is 0 Å². The quantitative estimate of drug-likeness (QED) is 0.745. The number of hydrogen-bond donors (Lipinski definition) is 0. The molecule has 0 radical (unpaired) electrons. The van der Waals surface area contributed by atoms with Gasteiger partial charge in [0.1, 0.15) is 10.7 Å². The third-order valence-corrected chi connectivity index (χ3v) is 6.15. The Bertz CT molecular complexity index is 892. The lowest BCUT2D eigenvalue weighted by molar-refractivity contribution is 0.112. The number of hydrogen-bond acceptors (Lipinski definition) is 5. The van der Waals surface area contributed by atoms with Gasteiger partial charge in [0.2, 0.25) is 0 Å². The molecule has 0 aliphatic carbocycles. The number of likely N-dealkylation sites (N-methyl/N-ethyl adjacent to an activating group) is 1. The van der Waals surface area contributed by atoms with Crippen LogP contribution in [0.2, 0.25) is 0 Å². The molecule has 2 aromatic rings. The molecule has 0 saturated heterocycles. The van der Waals surface area contributed by atoms with E-state index in [1.165, 1.54) is 0 Å². The normalized spacial score (nSPS) is 16.0. The predicted molar refractivity (Wildman–Crippen MR) is 104 cm³/mol. The first kappa shape index (κ1) is 16.5. The fourth-order valence-corrected chi connectivity index (χ4v) is 4.70. The summed E-state index contributed by atoms with van der Waals surface area (Å²) >= 11 is 1.62. The minimum Gasteiger partial charge on any atom is -0.302 e. The molecule has 0 amide bonds. The molecule has 2 aliphatic heterocycles. The molecule has 0 fully saturated rings. The largest absolute Gasteiger partial charge is 0.302 e. The number of nitrogens with zero attached hydrogens (tertiary/aromatic N) is 4. The number of fused-ring (bicyclic) bond motifs is 2. The molecule has 0 N–H and O–H groups in total. The van der Waals surface area contributed by atoms with Gasteiger partial charge in [-0.3, -0.25) is 14.5 Å². The monoisotopic (exact) mass is 354 g/mol. The number of carbonyl (C=O) groups excluding carboxylic acids is 1. The lowest BCUT2D eigenvalue weighted by Crippen LogP contribution is -2.27. The number of carbonyl (C=O) groups is 1. The summed E-state index contributed by atoms with van der Waals surface area (Å²) < 4.78 is 2.10. The van der Waals surface area contributed by atoms with Crippen molar-refractivity contribution >= 4 is 39.6 Å². The van der Waals surface area contributed by atoms with E-state index in [1.807, 2.05) is 12.1 Å². The predicted octanol–water partition coefficient (Wildman–Crippen LogP) is 3.48. The van der Waals surface area contributed by atoms with Crippen LogP contribution >= 0.6 is 11.8 Å². The summed E-state index contributed by atoms with van der Waals surface area (Å²) in [5.74, 6) is 0. The summed E-state index contributed by atoms with van der Waals surface area (Å²) in [6, 6.07) is 3.95. The number of aldehydes is 1. The van der Waals surface area contributed by atoms with E-state index in [9.17, 15) is 4.79 Å². The molecule has 6 heteroatoms. The zero-order chi connectivity index (χ0) is 17.4. The van der Waals surface area contributed by atoms with Crippen LogP contribution in [0, 0.1) is 0 Å². The molecule has 0 saturated carbocycles. The molecule has 4 rings (SSSR count). The number of dihydropyridines is 1. The van der Waals surface area contributed by atoms with E-state index < -0.39 is 0 Å². The van der Waals surface area contributed by atoms with Crippen molar-refractivity contribution in [2.24, 2.45) is 4.99 Å². The number of thioether (sulfide) groups is 1. The van der Waals surface area contributed by atoms with E-state index in [0.717, 1.165) is 83.1 Å². The molecule has 1 aromatic heterocycles. The second kappa shape index (κ2) is 6.77. The molecule has 0 spiro atoms. The van der Waals surface area contributed by atoms with Crippen LogP contribution in [-0.4, -0.2) is 52.2 Å². The van der Waals surface area contributed by atoms with Gasteiger partial charge in [0.05, 0.1) is 12.1 Å². The Morgan fingerprint density at radius 1 is 1.32 bits per heavy atom. The third kappa shape index (κ3) is 2.73. The molecule has 1 aromatic carbocycles. The van der Waals surface area contributed by atoms with Gasteiger partial charge >= 0.3 is 0 Å².